The molecule has 1 saturated heterocycles. The van der Waals surface area contributed by atoms with E-state index in [2.05, 4.69) is 37.8 Å². The van der Waals surface area contributed by atoms with Crippen LogP contribution in [0.2, 0.25) is 0 Å². The van der Waals surface area contributed by atoms with Gasteiger partial charge >= 0.3 is 0 Å². The molecule has 16 heavy (non-hydrogen) atoms. The Balaban J connectivity index is 2.57. The first-order valence-electron chi connectivity index (χ1n) is 6.50. The maximum absolute atomic E-state index is 5.20. The van der Waals surface area contributed by atoms with Crippen LogP contribution in [0.25, 0.3) is 0 Å². The summed E-state index contributed by atoms with van der Waals surface area (Å²) in [4.78, 5) is 0. The van der Waals surface area contributed by atoms with E-state index < -0.39 is 0 Å². The van der Waals surface area contributed by atoms with Crippen molar-refractivity contribution in [1.29, 1.82) is 0 Å². The summed E-state index contributed by atoms with van der Waals surface area (Å²) < 4.78 is 5.64. The molecule has 0 radical (unpaired) electrons. The average Bonchev–Trinajstić information content (AvgIpc) is 2.70. The summed E-state index contributed by atoms with van der Waals surface area (Å²) in [6, 6.07) is 0.625. The van der Waals surface area contributed by atoms with E-state index >= 15 is 0 Å². The molecule has 0 aliphatic carbocycles. The van der Waals surface area contributed by atoms with Crippen LogP contribution in [-0.4, -0.2) is 36.8 Å². The van der Waals surface area contributed by atoms with Crippen LogP contribution >= 0.6 is 11.8 Å². The molecule has 3 atom stereocenters. The van der Waals surface area contributed by atoms with Crippen LogP contribution in [0.5, 0.6) is 0 Å². The fourth-order valence-electron chi connectivity index (χ4n) is 2.76. The van der Waals surface area contributed by atoms with E-state index in [0.29, 0.717) is 16.7 Å². The summed E-state index contributed by atoms with van der Waals surface area (Å²) in [7, 11) is 1.79. The number of ether oxygens (including phenoxy) is 1. The van der Waals surface area contributed by atoms with Gasteiger partial charge in [-0.15, -0.1) is 0 Å². The minimum absolute atomic E-state index is 0.434. The van der Waals surface area contributed by atoms with E-state index in [0.717, 1.165) is 19.6 Å². The maximum atomic E-state index is 5.20. The second kappa shape index (κ2) is 6.87. The Morgan fingerprint density at radius 3 is 2.75 bits per heavy atom. The first-order valence-corrected chi connectivity index (χ1v) is 7.49. The van der Waals surface area contributed by atoms with Crippen molar-refractivity contribution in [1.82, 2.24) is 5.32 Å². The van der Waals surface area contributed by atoms with Gasteiger partial charge in [0.1, 0.15) is 0 Å². The van der Waals surface area contributed by atoms with Crippen molar-refractivity contribution in [2.75, 3.05) is 26.0 Å². The number of methoxy groups -OCH3 is 1. The van der Waals surface area contributed by atoms with Crippen LogP contribution in [0.4, 0.5) is 0 Å². The normalized spacial score (nSPS) is 29.2. The Hall–Kier alpha value is 0.270. The molecule has 0 aromatic carbocycles. The molecule has 1 N–H and O–H groups in total. The molecule has 1 aliphatic rings. The number of rotatable bonds is 7. The highest BCUT2D eigenvalue weighted by Gasteiger charge is 2.39. The summed E-state index contributed by atoms with van der Waals surface area (Å²) in [5.74, 6) is 2.02. The van der Waals surface area contributed by atoms with E-state index in [9.17, 15) is 0 Å². The zero-order valence-corrected chi connectivity index (χ0v) is 12.0. The van der Waals surface area contributed by atoms with E-state index in [4.69, 9.17) is 4.74 Å². The van der Waals surface area contributed by atoms with E-state index in [1.54, 1.807) is 7.11 Å². The quantitative estimate of drug-likeness (QED) is 0.745. The molecule has 96 valence electrons. The van der Waals surface area contributed by atoms with Crippen LogP contribution in [0.1, 0.15) is 40.0 Å². The molecule has 1 aliphatic heterocycles. The number of hydrogen-bond donors (Lipinski definition) is 1. The van der Waals surface area contributed by atoms with Gasteiger partial charge in [0, 0.05) is 24.5 Å². The van der Waals surface area contributed by atoms with Gasteiger partial charge in [-0.2, -0.15) is 11.8 Å². The van der Waals surface area contributed by atoms with Gasteiger partial charge in [-0.1, -0.05) is 13.8 Å². The Bertz CT molecular complexity index is 192. The number of nitrogens with one attached hydrogen (secondary N) is 1. The van der Waals surface area contributed by atoms with Gasteiger partial charge in [-0.3, -0.25) is 0 Å². The molecule has 0 bridgehead atoms. The summed E-state index contributed by atoms with van der Waals surface area (Å²) in [5, 5.41) is 3.70. The second-order valence-corrected chi connectivity index (χ2v) is 6.69. The summed E-state index contributed by atoms with van der Waals surface area (Å²) in [6.07, 6.45) is 3.89. The van der Waals surface area contributed by atoms with Gasteiger partial charge in [-0.05, 0) is 44.4 Å². The molecule has 3 heteroatoms. The first kappa shape index (κ1) is 14.3. The van der Waals surface area contributed by atoms with Crippen molar-refractivity contribution >= 4 is 11.8 Å². The lowest BCUT2D eigenvalue weighted by molar-refractivity contribution is 0.164. The minimum atomic E-state index is 0.434. The summed E-state index contributed by atoms with van der Waals surface area (Å²) >= 11 is 2.15. The average molecular weight is 245 g/mol. The van der Waals surface area contributed by atoms with Gasteiger partial charge in [0.05, 0.1) is 0 Å². The summed E-state index contributed by atoms with van der Waals surface area (Å²) in [5.41, 5.74) is 0. The molecule has 0 amide bonds. The van der Waals surface area contributed by atoms with Crippen molar-refractivity contribution in [2.45, 2.75) is 50.8 Å². The standard InChI is InChI=1S/C13H27NOS/c1-5-14-12(11(2)7-9-15-4)13(3)8-6-10-16-13/h11-12,14H,5-10H2,1-4H3. The second-order valence-electron chi connectivity index (χ2n) is 5.06. The molecule has 0 aromatic heterocycles. The Morgan fingerprint density at radius 2 is 2.25 bits per heavy atom. The van der Waals surface area contributed by atoms with Crippen LogP contribution in [0.3, 0.4) is 0 Å². The van der Waals surface area contributed by atoms with Crippen LogP contribution < -0.4 is 5.32 Å². The fraction of sp³-hybridized carbons (Fsp3) is 1.00. The van der Waals surface area contributed by atoms with Gasteiger partial charge in [0.25, 0.3) is 0 Å². The molecule has 0 aromatic rings. The molecule has 0 spiro atoms. The van der Waals surface area contributed by atoms with E-state index in [-0.39, 0.29) is 0 Å². The van der Waals surface area contributed by atoms with Crippen LogP contribution in [0, 0.1) is 5.92 Å². The maximum Gasteiger partial charge on any atom is 0.0465 e. The Labute approximate surface area is 105 Å². The summed E-state index contributed by atoms with van der Waals surface area (Å²) in [6.45, 7) is 8.94. The monoisotopic (exact) mass is 245 g/mol. The molecule has 2 nitrogen and oxygen atoms in total. The van der Waals surface area contributed by atoms with Gasteiger partial charge in [-0.25, -0.2) is 0 Å². The highest BCUT2D eigenvalue weighted by Crippen LogP contribution is 2.43. The smallest absolute Gasteiger partial charge is 0.0465 e. The molecular formula is C13H27NOS. The molecular weight excluding hydrogens is 218 g/mol. The predicted octanol–water partition coefficient (Wildman–Crippen LogP) is 2.92. The number of thioether (sulfide) groups is 1. The van der Waals surface area contributed by atoms with Crippen molar-refractivity contribution in [3.63, 3.8) is 0 Å². The Kier molecular flexibility index (Phi) is 6.16. The van der Waals surface area contributed by atoms with Crippen LogP contribution in [-0.2, 0) is 4.74 Å². The third-order valence-electron chi connectivity index (χ3n) is 3.68. The molecule has 3 unspecified atom stereocenters. The van der Waals surface area contributed by atoms with Gasteiger partial charge < -0.3 is 10.1 Å². The van der Waals surface area contributed by atoms with Gasteiger partial charge in [0.15, 0.2) is 0 Å². The van der Waals surface area contributed by atoms with Crippen molar-refractivity contribution in [2.24, 2.45) is 5.92 Å². The SMILES string of the molecule is CCNC(C(C)CCOC)C1(C)CCCS1. The zero-order valence-electron chi connectivity index (χ0n) is 11.2. The minimum Gasteiger partial charge on any atom is -0.385 e. The van der Waals surface area contributed by atoms with Crippen molar-refractivity contribution < 1.29 is 4.74 Å². The topological polar surface area (TPSA) is 21.3 Å². The third kappa shape index (κ3) is 3.64. The van der Waals surface area contributed by atoms with Crippen molar-refractivity contribution in [3.05, 3.63) is 0 Å². The fourth-order valence-corrected chi connectivity index (χ4v) is 4.29. The molecule has 0 saturated carbocycles. The molecule has 1 heterocycles. The Morgan fingerprint density at radius 1 is 1.50 bits per heavy atom. The first-order chi connectivity index (χ1) is 7.64. The van der Waals surface area contributed by atoms with Gasteiger partial charge in [0.2, 0.25) is 0 Å². The highest BCUT2D eigenvalue weighted by atomic mass is 32.2. The lowest BCUT2D eigenvalue weighted by Crippen LogP contribution is -2.49. The predicted molar refractivity (Wildman–Crippen MR) is 73.2 cm³/mol. The number of hydrogen-bond acceptors (Lipinski definition) is 3. The largest absolute Gasteiger partial charge is 0.385 e. The lowest BCUT2D eigenvalue weighted by atomic mass is 9.85. The molecule has 1 fully saturated rings. The van der Waals surface area contributed by atoms with Crippen LogP contribution in [0.15, 0.2) is 0 Å². The lowest BCUT2D eigenvalue weighted by Gasteiger charge is -2.38. The van der Waals surface area contributed by atoms with E-state index in [1.165, 1.54) is 18.6 Å². The van der Waals surface area contributed by atoms with Crippen molar-refractivity contribution in [3.8, 4) is 0 Å². The zero-order chi connectivity index (χ0) is 12.0. The van der Waals surface area contributed by atoms with E-state index in [1.807, 2.05) is 0 Å². The third-order valence-corrected chi connectivity index (χ3v) is 5.29. The molecule has 1 rings (SSSR count). The highest BCUT2D eigenvalue weighted by molar-refractivity contribution is 8.00.